The highest BCUT2D eigenvalue weighted by Crippen LogP contribution is 2.27. The molecule has 0 aliphatic carbocycles. The van der Waals surface area contributed by atoms with E-state index in [1.165, 1.54) is 5.56 Å². The second kappa shape index (κ2) is 6.93. The number of hydrogen-bond acceptors (Lipinski definition) is 3. The van der Waals surface area contributed by atoms with Crippen molar-refractivity contribution in [3.05, 3.63) is 59.2 Å². The van der Waals surface area contributed by atoms with Crippen LogP contribution in [0.15, 0.2) is 42.5 Å². The number of aryl methyl sites for hydroxylation is 2. The van der Waals surface area contributed by atoms with E-state index < -0.39 is 0 Å². The number of methoxy groups -OCH3 is 1. The Morgan fingerprint density at radius 3 is 2.38 bits per heavy atom. The van der Waals surface area contributed by atoms with Gasteiger partial charge >= 0.3 is 0 Å². The lowest BCUT2D eigenvalue weighted by Gasteiger charge is -2.11. The number of carbonyl (C=O) groups excluding carboxylic acids is 1. The van der Waals surface area contributed by atoms with Gasteiger partial charge in [0.25, 0.3) is 0 Å². The van der Waals surface area contributed by atoms with Gasteiger partial charge in [-0.1, -0.05) is 37.3 Å². The highest BCUT2D eigenvalue weighted by atomic mass is 16.5. The molecule has 0 bridgehead atoms. The Hall–Kier alpha value is -2.29. The van der Waals surface area contributed by atoms with Crippen molar-refractivity contribution >= 4 is 5.78 Å². The van der Waals surface area contributed by atoms with Crippen LogP contribution in [-0.4, -0.2) is 19.5 Å². The highest BCUT2D eigenvalue weighted by Gasteiger charge is 2.09. The molecule has 0 saturated carbocycles. The van der Waals surface area contributed by atoms with E-state index in [0.717, 1.165) is 12.0 Å². The fraction of sp³-hybridized carbons (Fsp3) is 0.278. The van der Waals surface area contributed by atoms with Crippen molar-refractivity contribution in [3.8, 4) is 11.5 Å². The van der Waals surface area contributed by atoms with Gasteiger partial charge in [-0.3, -0.25) is 4.79 Å². The molecule has 0 spiro atoms. The van der Waals surface area contributed by atoms with E-state index in [0.29, 0.717) is 17.1 Å². The van der Waals surface area contributed by atoms with Crippen LogP contribution < -0.4 is 9.47 Å². The highest BCUT2D eigenvalue weighted by molar-refractivity contribution is 5.97. The van der Waals surface area contributed by atoms with Crippen LogP contribution in [-0.2, 0) is 6.42 Å². The predicted molar refractivity (Wildman–Crippen MR) is 83.4 cm³/mol. The molecule has 0 N–H and O–H groups in total. The van der Waals surface area contributed by atoms with E-state index in [9.17, 15) is 4.79 Å². The van der Waals surface area contributed by atoms with E-state index in [4.69, 9.17) is 9.47 Å². The Labute approximate surface area is 125 Å². The smallest absolute Gasteiger partial charge is 0.200 e. The largest absolute Gasteiger partial charge is 0.493 e. The topological polar surface area (TPSA) is 35.5 Å². The molecule has 0 aliphatic heterocycles. The molecule has 0 radical (unpaired) electrons. The van der Waals surface area contributed by atoms with Crippen LogP contribution in [0.3, 0.4) is 0 Å². The molecular formula is C18H20O3. The second-order valence-electron chi connectivity index (χ2n) is 4.92. The standard InChI is InChI=1S/C18H20O3/c1-4-14-6-8-15(9-7-14)16(19)12-21-17-10-5-13(2)11-18(17)20-3/h5-11H,4,12H2,1-3H3. The van der Waals surface area contributed by atoms with Crippen molar-refractivity contribution in [2.24, 2.45) is 0 Å². The maximum atomic E-state index is 12.1. The molecule has 2 aromatic rings. The van der Waals surface area contributed by atoms with Crippen LogP contribution in [0.5, 0.6) is 11.5 Å². The summed E-state index contributed by atoms with van der Waals surface area (Å²) in [7, 11) is 1.59. The fourth-order valence-corrected chi connectivity index (χ4v) is 2.05. The molecular weight excluding hydrogens is 264 g/mol. The zero-order valence-corrected chi connectivity index (χ0v) is 12.7. The average Bonchev–Trinajstić information content (AvgIpc) is 2.53. The molecule has 110 valence electrons. The summed E-state index contributed by atoms with van der Waals surface area (Å²) < 4.78 is 10.8. The minimum atomic E-state index is -0.0414. The fourth-order valence-electron chi connectivity index (χ4n) is 2.05. The molecule has 2 aromatic carbocycles. The average molecular weight is 284 g/mol. The maximum Gasteiger partial charge on any atom is 0.200 e. The number of ether oxygens (including phenoxy) is 2. The molecule has 0 unspecified atom stereocenters. The van der Waals surface area contributed by atoms with Gasteiger partial charge in [0.2, 0.25) is 0 Å². The van der Waals surface area contributed by atoms with E-state index in [-0.39, 0.29) is 12.4 Å². The zero-order chi connectivity index (χ0) is 15.2. The predicted octanol–water partition coefficient (Wildman–Crippen LogP) is 3.83. The van der Waals surface area contributed by atoms with Crippen LogP contribution in [0.25, 0.3) is 0 Å². The van der Waals surface area contributed by atoms with Gasteiger partial charge in [0, 0.05) is 5.56 Å². The third-order valence-corrected chi connectivity index (χ3v) is 3.36. The van der Waals surface area contributed by atoms with Crippen LogP contribution in [0.1, 0.15) is 28.4 Å². The lowest BCUT2D eigenvalue weighted by Crippen LogP contribution is -2.12. The van der Waals surface area contributed by atoms with Gasteiger partial charge in [-0.2, -0.15) is 0 Å². The van der Waals surface area contributed by atoms with Crippen LogP contribution in [0.4, 0.5) is 0 Å². The van der Waals surface area contributed by atoms with Gasteiger partial charge in [0.1, 0.15) is 0 Å². The van der Waals surface area contributed by atoms with Crippen molar-refractivity contribution in [2.75, 3.05) is 13.7 Å². The summed E-state index contributed by atoms with van der Waals surface area (Å²) in [5.41, 5.74) is 2.96. The number of rotatable bonds is 6. The van der Waals surface area contributed by atoms with Gasteiger partial charge < -0.3 is 9.47 Å². The van der Waals surface area contributed by atoms with Crippen LogP contribution in [0, 0.1) is 6.92 Å². The number of ketones is 1. The van der Waals surface area contributed by atoms with Crippen LogP contribution in [0.2, 0.25) is 0 Å². The first kappa shape index (κ1) is 15.1. The number of hydrogen-bond donors (Lipinski definition) is 0. The molecule has 2 rings (SSSR count). The first-order chi connectivity index (χ1) is 10.1. The normalized spacial score (nSPS) is 10.2. The summed E-state index contributed by atoms with van der Waals surface area (Å²) in [6.07, 6.45) is 0.964. The van der Waals surface area contributed by atoms with E-state index >= 15 is 0 Å². The minimum absolute atomic E-state index is 0.00485. The SMILES string of the molecule is CCc1ccc(C(=O)COc2ccc(C)cc2OC)cc1. The number of Topliss-reactive ketones (excluding diaryl/α,β-unsaturated/α-hetero) is 1. The molecule has 0 aliphatic rings. The van der Waals surface area contributed by atoms with Gasteiger partial charge in [-0.05, 0) is 36.6 Å². The molecule has 3 heteroatoms. The number of carbonyl (C=O) groups is 1. The quantitative estimate of drug-likeness (QED) is 0.756. The Morgan fingerprint density at radius 2 is 1.76 bits per heavy atom. The third-order valence-electron chi connectivity index (χ3n) is 3.36. The molecule has 3 nitrogen and oxygen atoms in total. The van der Waals surface area contributed by atoms with E-state index in [2.05, 4.69) is 6.92 Å². The molecule has 21 heavy (non-hydrogen) atoms. The van der Waals surface area contributed by atoms with Crippen molar-refractivity contribution < 1.29 is 14.3 Å². The van der Waals surface area contributed by atoms with Crippen molar-refractivity contribution in [2.45, 2.75) is 20.3 Å². The van der Waals surface area contributed by atoms with Gasteiger partial charge in [-0.15, -0.1) is 0 Å². The Kier molecular flexibility index (Phi) is 4.99. The zero-order valence-electron chi connectivity index (χ0n) is 12.7. The lowest BCUT2D eigenvalue weighted by molar-refractivity contribution is 0.0919. The summed E-state index contributed by atoms with van der Waals surface area (Å²) in [6, 6.07) is 13.3. The summed E-state index contributed by atoms with van der Waals surface area (Å²) in [4.78, 5) is 12.1. The maximum absolute atomic E-state index is 12.1. The van der Waals surface area contributed by atoms with Crippen molar-refractivity contribution in [3.63, 3.8) is 0 Å². The molecule has 0 amide bonds. The van der Waals surface area contributed by atoms with E-state index in [1.807, 2.05) is 49.4 Å². The van der Waals surface area contributed by atoms with Gasteiger partial charge in [-0.25, -0.2) is 0 Å². The summed E-state index contributed by atoms with van der Waals surface area (Å²) in [5.74, 6) is 1.19. The molecule has 0 fully saturated rings. The second-order valence-corrected chi connectivity index (χ2v) is 4.92. The first-order valence-electron chi connectivity index (χ1n) is 7.03. The summed E-state index contributed by atoms with van der Waals surface area (Å²) in [5, 5.41) is 0. The molecule has 0 heterocycles. The monoisotopic (exact) mass is 284 g/mol. The van der Waals surface area contributed by atoms with Crippen LogP contribution >= 0.6 is 0 Å². The lowest BCUT2D eigenvalue weighted by atomic mass is 10.1. The summed E-state index contributed by atoms with van der Waals surface area (Å²) >= 11 is 0. The Bertz CT molecular complexity index is 615. The van der Waals surface area contributed by atoms with Gasteiger partial charge in [0.15, 0.2) is 23.9 Å². The van der Waals surface area contributed by atoms with Gasteiger partial charge in [0.05, 0.1) is 7.11 Å². The molecule has 0 atom stereocenters. The van der Waals surface area contributed by atoms with E-state index in [1.54, 1.807) is 7.11 Å². The van der Waals surface area contributed by atoms with Crippen molar-refractivity contribution in [1.82, 2.24) is 0 Å². The molecule has 0 saturated heterocycles. The first-order valence-corrected chi connectivity index (χ1v) is 7.03. The summed E-state index contributed by atoms with van der Waals surface area (Å²) in [6.45, 7) is 4.07. The Morgan fingerprint density at radius 1 is 1.05 bits per heavy atom. The Balaban J connectivity index is 2.03. The minimum Gasteiger partial charge on any atom is -0.493 e. The molecule has 0 aromatic heterocycles. The van der Waals surface area contributed by atoms with Crippen molar-refractivity contribution in [1.29, 1.82) is 0 Å². The third kappa shape index (κ3) is 3.85. The number of benzene rings is 2.